The Kier molecular flexibility index (Phi) is 4.92. The van der Waals surface area contributed by atoms with Crippen LogP contribution in [0, 0.1) is 5.82 Å². The van der Waals surface area contributed by atoms with Crippen molar-refractivity contribution in [3.8, 4) is 11.4 Å². The molecule has 3 N–H and O–H groups in total. The zero-order valence-corrected chi connectivity index (χ0v) is 13.3. The molecule has 0 aliphatic heterocycles. The highest BCUT2D eigenvalue weighted by molar-refractivity contribution is 6.30. The molecule has 2 aromatic rings. The second-order valence-corrected chi connectivity index (χ2v) is 5.51. The monoisotopic (exact) mass is 321 g/mol. The molecule has 5 nitrogen and oxygen atoms in total. The molecule has 0 amide bonds. The predicted molar refractivity (Wildman–Crippen MR) is 88.0 cm³/mol. The maximum Gasteiger partial charge on any atom is 0.174 e. The van der Waals surface area contributed by atoms with Crippen LogP contribution in [0.25, 0.3) is 11.4 Å². The van der Waals surface area contributed by atoms with E-state index in [1.165, 1.54) is 6.07 Å². The third-order valence-electron chi connectivity index (χ3n) is 2.67. The Morgan fingerprint density at radius 3 is 2.73 bits per heavy atom. The number of aliphatic imine (C=N–C) groups is 2. The quantitative estimate of drug-likeness (QED) is 0.671. The first-order valence-electron chi connectivity index (χ1n) is 6.76. The van der Waals surface area contributed by atoms with Crippen molar-refractivity contribution >= 4 is 23.3 Å². The molecule has 0 unspecified atom stereocenters. The number of hydrogen-bond acceptors (Lipinski definition) is 2. The minimum Gasteiger partial charge on any atom is -0.387 e. The van der Waals surface area contributed by atoms with Crippen LogP contribution >= 0.6 is 11.6 Å². The number of halogens is 2. The van der Waals surface area contributed by atoms with Crippen LogP contribution in [-0.2, 0) is 0 Å². The Labute approximate surface area is 133 Å². The Hall–Kier alpha value is -2.21. The summed E-state index contributed by atoms with van der Waals surface area (Å²) in [5, 5.41) is 0.332. The maximum atomic E-state index is 13.9. The van der Waals surface area contributed by atoms with E-state index in [0.717, 1.165) is 0 Å². The number of rotatable bonds is 3. The fraction of sp³-hybridized carbons (Fsp3) is 0.267. The van der Waals surface area contributed by atoms with Gasteiger partial charge in [0.1, 0.15) is 17.3 Å². The number of aromatic amines is 1. The van der Waals surface area contributed by atoms with Crippen LogP contribution in [0.1, 0.15) is 26.5 Å². The van der Waals surface area contributed by atoms with Gasteiger partial charge in [-0.1, -0.05) is 11.6 Å². The van der Waals surface area contributed by atoms with Gasteiger partial charge in [-0.15, -0.1) is 0 Å². The zero-order valence-electron chi connectivity index (χ0n) is 12.6. The summed E-state index contributed by atoms with van der Waals surface area (Å²) in [7, 11) is 0. The molecule has 0 saturated carbocycles. The fourth-order valence-electron chi connectivity index (χ4n) is 1.82. The van der Waals surface area contributed by atoms with Crippen LogP contribution in [0.2, 0.25) is 5.02 Å². The Morgan fingerprint density at radius 2 is 2.14 bits per heavy atom. The van der Waals surface area contributed by atoms with E-state index in [1.807, 2.05) is 13.8 Å². The van der Waals surface area contributed by atoms with Crippen LogP contribution < -0.4 is 5.73 Å². The van der Waals surface area contributed by atoms with Crippen molar-refractivity contribution < 1.29 is 4.39 Å². The lowest BCUT2D eigenvalue weighted by Crippen LogP contribution is -2.12. The highest BCUT2D eigenvalue weighted by Gasteiger charge is 2.12. The van der Waals surface area contributed by atoms with Crippen LogP contribution in [0.3, 0.4) is 0 Å². The van der Waals surface area contributed by atoms with Gasteiger partial charge >= 0.3 is 0 Å². The lowest BCUT2D eigenvalue weighted by molar-refractivity contribution is 0.630. The third kappa shape index (κ3) is 3.92. The van der Waals surface area contributed by atoms with Gasteiger partial charge in [-0.2, -0.15) is 0 Å². The van der Waals surface area contributed by atoms with E-state index in [-0.39, 0.29) is 6.04 Å². The van der Waals surface area contributed by atoms with Crippen molar-refractivity contribution in [3.05, 3.63) is 40.9 Å². The summed E-state index contributed by atoms with van der Waals surface area (Å²) >= 11 is 5.75. The molecule has 0 aliphatic rings. The SMILES string of the molecule is CC(N)=NC(=NC(C)C)c1cnc(-c2ccc(Cl)cc2F)[nH]1. The van der Waals surface area contributed by atoms with Gasteiger partial charge in [-0.05, 0) is 39.0 Å². The smallest absolute Gasteiger partial charge is 0.174 e. The molecule has 22 heavy (non-hydrogen) atoms. The highest BCUT2D eigenvalue weighted by Crippen LogP contribution is 2.23. The number of amidine groups is 2. The van der Waals surface area contributed by atoms with Gasteiger partial charge in [0.2, 0.25) is 0 Å². The Bertz CT molecular complexity index is 729. The molecular weight excluding hydrogens is 305 g/mol. The van der Waals surface area contributed by atoms with E-state index in [9.17, 15) is 4.39 Å². The van der Waals surface area contributed by atoms with Crippen LogP contribution in [0.5, 0.6) is 0 Å². The molecular formula is C15H17ClFN5. The number of H-pyrrole nitrogens is 1. The first-order chi connectivity index (χ1) is 10.4. The molecule has 0 saturated heterocycles. The topological polar surface area (TPSA) is 79.4 Å². The number of nitrogens with zero attached hydrogens (tertiary/aromatic N) is 3. The third-order valence-corrected chi connectivity index (χ3v) is 2.90. The average Bonchev–Trinajstić information content (AvgIpc) is 2.86. The number of hydrogen-bond donors (Lipinski definition) is 2. The predicted octanol–water partition coefficient (Wildman–Crippen LogP) is 3.40. The van der Waals surface area contributed by atoms with Crippen LogP contribution in [0.15, 0.2) is 34.4 Å². The van der Waals surface area contributed by atoms with Gasteiger partial charge in [-0.3, -0.25) is 4.99 Å². The van der Waals surface area contributed by atoms with Crippen molar-refractivity contribution in [2.24, 2.45) is 15.7 Å². The number of nitrogens with one attached hydrogen (secondary N) is 1. The average molecular weight is 322 g/mol. The first kappa shape index (κ1) is 16.2. The van der Waals surface area contributed by atoms with Crippen molar-refractivity contribution in [2.75, 3.05) is 0 Å². The molecule has 7 heteroatoms. The van der Waals surface area contributed by atoms with E-state index in [1.54, 1.807) is 25.3 Å². The normalized spacial score (nSPS) is 13.0. The summed E-state index contributed by atoms with van der Waals surface area (Å²) < 4.78 is 13.9. The molecule has 1 heterocycles. The molecule has 116 valence electrons. The largest absolute Gasteiger partial charge is 0.387 e. The van der Waals surface area contributed by atoms with Crippen molar-refractivity contribution in [1.29, 1.82) is 0 Å². The lowest BCUT2D eigenvalue weighted by Gasteiger charge is -2.03. The minimum absolute atomic E-state index is 0.0390. The number of nitrogens with two attached hydrogens (primary N) is 1. The molecule has 0 spiro atoms. The van der Waals surface area contributed by atoms with Crippen LogP contribution in [0.4, 0.5) is 4.39 Å². The van der Waals surface area contributed by atoms with Crippen LogP contribution in [-0.4, -0.2) is 27.7 Å². The summed E-state index contributed by atoms with van der Waals surface area (Å²) in [6.07, 6.45) is 1.55. The van der Waals surface area contributed by atoms with Crippen molar-refractivity contribution in [1.82, 2.24) is 9.97 Å². The number of benzene rings is 1. The lowest BCUT2D eigenvalue weighted by atomic mass is 10.2. The van der Waals surface area contributed by atoms with E-state index in [4.69, 9.17) is 17.3 Å². The minimum atomic E-state index is -0.450. The van der Waals surface area contributed by atoms with Gasteiger partial charge < -0.3 is 10.7 Å². The summed E-state index contributed by atoms with van der Waals surface area (Å²) in [6.45, 7) is 5.53. The number of aromatic nitrogens is 2. The van der Waals surface area contributed by atoms with Gasteiger partial charge in [0.15, 0.2) is 5.84 Å². The molecule has 0 atom stereocenters. The second kappa shape index (κ2) is 6.70. The molecule has 0 radical (unpaired) electrons. The van der Waals surface area contributed by atoms with Gasteiger partial charge in [0.25, 0.3) is 0 Å². The van der Waals surface area contributed by atoms with E-state index >= 15 is 0 Å². The first-order valence-corrected chi connectivity index (χ1v) is 7.14. The van der Waals surface area contributed by atoms with E-state index in [2.05, 4.69) is 20.0 Å². The molecule has 2 rings (SSSR count). The molecule has 0 fully saturated rings. The molecule has 0 bridgehead atoms. The van der Waals surface area contributed by atoms with Gasteiger partial charge in [-0.25, -0.2) is 14.4 Å². The molecule has 1 aromatic heterocycles. The summed E-state index contributed by atoms with van der Waals surface area (Å²) in [4.78, 5) is 15.8. The van der Waals surface area contributed by atoms with Gasteiger partial charge in [0, 0.05) is 11.1 Å². The van der Waals surface area contributed by atoms with Gasteiger partial charge in [0.05, 0.1) is 17.6 Å². The van der Waals surface area contributed by atoms with E-state index in [0.29, 0.717) is 33.8 Å². The summed E-state index contributed by atoms with van der Waals surface area (Å²) in [6, 6.07) is 4.45. The molecule has 0 aliphatic carbocycles. The number of imidazole rings is 1. The highest BCUT2D eigenvalue weighted by atomic mass is 35.5. The standard InChI is InChI=1S/C15H17ClFN5/c1-8(2)20-15(21-9(3)18)13-7-19-14(22-13)11-5-4-10(16)6-12(11)17/h4-8H,1-3H3,(H,19,22)(H2,18,20,21). The van der Waals surface area contributed by atoms with Crippen molar-refractivity contribution in [3.63, 3.8) is 0 Å². The Balaban J connectivity index is 2.43. The second-order valence-electron chi connectivity index (χ2n) is 5.07. The van der Waals surface area contributed by atoms with Crippen molar-refractivity contribution in [2.45, 2.75) is 26.8 Å². The summed E-state index contributed by atoms with van der Waals surface area (Å²) in [5.74, 6) is 0.746. The fourth-order valence-corrected chi connectivity index (χ4v) is 1.98. The summed E-state index contributed by atoms with van der Waals surface area (Å²) in [5.41, 5.74) is 6.52. The molecule has 1 aromatic carbocycles. The van der Waals surface area contributed by atoms with E-state index < -0.39 is 5.82 Å². The maximum absolute atomic E-state index is 13.9. The Morgan fingerprint density at radius 1 is 1.41 bits per heavy atom. The zero-order chi connectivity index (χ0) is 16.3.